The van der Waals surface area contributed by atoms with Crippen molar-refractivity contribution in [3.05, 3.63) is 29.3 Å². The monoisotopic (exact) mass is 224 g/mol. The minimum absolute atomic E-state index is 0.406. The Balaban J connectivity index is 2.83. The van der Waals surface area contributed by atoms with Gasteiger partial charge in [0.25, 0.3) is 0 Å². The smallest absolute Gasteiger partial charge is 0.335 e. The third-order valence-corrected chi connectivity index (χ3v) is 3.44. The molecule has 0 bridgehead atoms. The SMILES string of the molecule is Cc1ccc(SCC(C)C)cc1C(=O)O. The molecule has 0 saturated heterocycles. The number of hydrogen-bond acceptors (Lipinski definition) is 2. The van der Waals surface area contributed by atoms with Gasteiger partial charge in [0.2, 0.25) is 0 Å². The fourth-order valence-electron chi connectivity index (χ4n) is 1.18. The van der Waals surface area contributed by atoms with E-state index in [1.165, 1.54) is 0 Å². The summed E-state index contributed by atoms with van der Waals surface area (Å²) in [5.74, 6) is 0.784. The number of aryl methyl sites for hydroxylation is 1. The fourth-order valence-corrected chi connectivity index (χ4v) is 2.08. The van der Waals surface area contributed by atoms with Gasteiger partial charge in [-0.25, -0.2) is 4.79 Å². The summed E-state index contributed by atoms with van der Waals surface area (Å²) in [6.45, 7) is 6.12. The van der Waals surface area contributed by atoms with Crippen molar-refractivity contribution in [2.75, 3.05) is 5.75 Å². The van der Waals surface area contributed by atoms with Crippen LogP contribution < -0.4 is 0 Å². The molecule has 0 aliphatic rings. The highest BCUT2D eigenvalue weighted by atomic mass is 32.2. The molecule has 3 heteroatoms. The van der Waals surface area contributed by atoms with E-state index in [2.05, 4.69) is 13.8 Å². The number of carboxylic acids is 1. The lowest BCUT2D eigenvalue weighted by atomic mass is 10.1. The Morgan fingerprint density at radius 2 is 2.13 bits per heavy atom. The van der Waals surface area contributed by atoms with Crippen LogP contribution in [0, 0.1) is 12.8 Å². The zero-order valence-electron chi connectivity index (χ0n) is 9.28. The maximum Gasteiger partial charge on any atom is 0.335 e. The third kappa shape index (κ3) is 3.59. The van der Waals surface area contributed by atoms with Gasteiger partial charge >= 0.3 is 5.97 Å². The second-order valence-corrected chi connectivity index (χ2v) is 5.08. The molecule has 0 radical (unpaired) electrons. The Bertz CT molecular complexity index is 359. The molecule has 0 aliphatic heterocycles. The highest BCUT2D eigenvalue weighted by molar-refractivity contribution is 7.99. The predicted octanol–water partition coefficient (Wildman–Crippen LogP) is 3.44. The number of benzene rings is 1. The van der Waals surface area contributed by atoms with Crippen molar-refractivity contribution in [1.29, 1.82) is 0 Å². The Morgan fingerprint density at radius 1 is 1.47 bits per heavy atom. The zero-order chi connectivity index (χ0) is 11.4. The minimum atomic E-state index is -0.848. The van der Waals surface area contributed by atoms with Gasteiger partial charge in [0.15, 0.2) is 0 Å². The van der Waals surface area contributed by atoms with E-state index in [0.717, 1.165) is 16.2 Å². The molecule has 0 aromatic heterocycles. The number of hydrogen-bond donors (Lipinski definition) is 1. The quantitative estimate of drug-likeness (QED) is 0.796. The summed E-state index contributed by atoms with van der Waals surface area (Å²) in [5, 5.41) is 8.96. The maximum absolute atomic E-state index is 10.9. The van der Waals surface area contributed by atoms with Gasteiger partial charge in [-0.05, 0) is 30.5 Å². The molecule has 0 saturated carbocycles. The second kappa shape index (κ2) is 5.21. The molecule has 2 nitrogen and oxygen atoms in total. The summed E-state index contributed by atoms with van der Waals surface area (Å²) < 4.78 is 0. The molecule has 0 unspecified atom stereocenters. The highest BCUT2D eigenvalue weighted by Gasteiger charge is 2.08. The van der Waals surface area contributed by atoms with Crippen LogP contribution in [-0.4, -0.2) is 16.8 Å². The van der Waals surface area contributed by atoms with E-state index < -0.39 is 5.97 Å². The summed E-state index contributed by atoms with van der Waals surface area (Å²) in [6.07, 6.45) is 0. The van der Waals surface area contributed by atoms with E-state index >= 15 is 0 Å². The van der Waals surface area contributed by atoms with Crippen LogP contribution in [0.2, 0.25) is 0 Å². The largest absolute Gasteiger partial charge is 0.478 e. The number of rotatable bonds is 4. The minimum Gasteiger partial charge on any atom is -0.478 e. The fraction of sp³-hybridized carbons (Fsp3) is 0.417. The number of thioether (sulfide) groups is 1. The molecule has 1 aromatic carbocycles. The molecule has 1 aromatic rings. The normalized spacial score (nSPS) is 10.7. The van der Waals surface area contributed by atoms with Gasteiger partial charge in [-0.3, -0.25) is 0 Å². The highest BCUT2D eigenvalue weighted by Crippen LogP contribution is 2.23. The molecule has 0 fully saturated rings. The molecule has 15 heavy (non-hydrogen) atoms. The van der Waals surface area contributed by atoms with Crippen LogP contribution in [0.4, 0.5) is 0 Å². The molecule has 0 atom stereocenters. The zero-order valence-corrected chi connectivity index (χ0v) is 10.1. The molecule has 0 heterocycles. The van der Waals surface area contributed by atoms with Gasteiger partial charge in [-0.1, -0.05) is 19.9 Å². The average Bonchev–Trinajstić information content (AvgIpc) is 2.16. The predicted molar refractivity (Wildman–Crippen MR) is 63.7 cm³/mol. The van der Waals surface area contributed by atoms with Crippen LogP contribution in [0.3, 0.4) is 0 Å². The standard InChI is InChI=1S/C12H16O2S/c1-8(2)7-15-10-5-4-9(3)11(6-10)12(13)14/h4-6,8H,7H2,1-3H3,(H,13,14). The van der Waals surface area contributed by atoms with Crippen molar-refractivity contribution in [2.45, 2.75) is 25.7 Å². The van der Waals surface area contributed by atoms with Gasteiger partial charge in [0.1, 0.15) is 0 Å². The van der Waals surface area contributed by atoms with Crippen molar-refractivity contribution < 1.29 is 9.90 Å². The van der Waals surface area contributed by atoms with Crippen molar-refractivity contribution in [1.82, 2.24) is 0 Å². The second-order valence-electron chi connectivity index (χ2n) is 3.99. The van der Waals surface area contributed by atoms with Crippen molar-refractivity contribution in [3.63, 3.8) is 0 Å². The van der Waals surface area contributed by atoms with Crippen LogP contribution in [0.1, 0.15) is 29.8 Å². The molecular formula is C12H16O2S. The Morgan fingerprint density at radius 3 is 2.67 bits per heavy atom. The van der Waals surface area contributed by atoms with E-state index in [4.69, 9.17) is 5.11 Å². The van der Waals surface area contributed by atoms with Gasteiger partial charge < -0.3 is 5.11 Å². The summed E-state index contributed by atoms with van der Waals surface area (Å²) in [7, 11) is 0. The van der Waals surface area contributed by atoms with Crippen LogP contribution in [-0.2, 0) is 0 Å². The van der Waals surface area contributed by atoms with Gasteiger partial charge in [0.05, 0.1) is 5.56 Å². The van der Waals surface area contributed by atoms with E-state index in [1.54, 1.807) is 17.8 Å². The number of carbonyl (C=O) groups is 1. The topological polar surface area (TPSA) is 37.3 Å². The van der Waals surface area contributed by atoms with Crippen molar-refractivity contribution in [2.24, 2.45) is 5.92 Å². The molecule has 0 aliphatic carbocycles. The molecular weight excluding hydrogens is 208 g/mol. The first kappa shape index (κ1) is 12.1. The summed E-state index contributed by atoms with van der Waals surface area (Å²) >= 11 is 1.71. The van der Waals surface area contributed by atoms with Crippen LogP contribution in [0.5, 0.6) is 0 Å². The first-order valence-corrected chi connectivity index (χ1v) is 5.96. The average molecular weight is 224 g/mol. The van der Waals surface area contributed by atoms with E-state index in [0.29, 0.717) is 11.5 Å². The molecule has 1 rings (SSSR count). The van der Waals surface area contributed by atoms with E-state index in [-0.39, 0.29) is 0 Å². The van der Waals surface area contributed by atoms with Crippen molar-refractivity contribution in [3.8, 4) is 0 Å². The van der Waals surface area contributed by atoms with Gasteiger partial charge in [-0.15, -0.1) is 11.8 Å². The molecule has 82 valence electrons. The lowest BCUT2D eigenvalue weighted by Crippen LogP contribution is -2.00. The first-order chi connectivity index (χ1) is 7.00. The third-order valence-electron chi connectivity index (χ3n) is 2.02. The van der Waals surface area contributed by atoms with Crippen LogP contribution in [0.15, 0.2) is 23.1 Å². The maximum atomic E-state index is 10.9. The Labute approximate surface area is 94.7 Å². The number of aromatic carboxylic acids is 1. The van der Waals surface area contributed by atoms with Crippen molar-refractivity contribution >= 4 is 17.7 Å². The Kier molecular flexibility index (Phi) is 4.21. The first-order valence-electron chi connectivity index (χ1n) is 4.97. The summed E-state index contributed by atoms with van der Waals surface area (Å²) in [4.78, 5) is 11.9. The lowest BCUT2D eigenvalue weighted by Gasteiger charge is -2.07. The summed E-state index contributed by atoms with van der Waals surface area (Å²) in [5.41, 5.74) is 1.22. The molecule has 0 amide bonds. The van der Waals surface area contributed by atoms with Crippen LogP contribution in [0.25, 0.3) is 0 Å². The number of carboxylic acid groups (broad SMARTS) is 1. The summed E-state index contributed by atoms with van der Waals surface area (Å²) in [6, 6.07) is 5.60. The van der Waals surface area contributed by atoms with Gasteiger partial charge in [0, 0.05) is 10.6 Å². The molecule has 0 spiro atoms. The van der Waals surface area contributed by atoms with E-state index in [9.17, 15) is 4.79 Å². The molecule has 1 N–H and O–H groups in total. The van der Waals surface area contributed by atoms with Crippen LogP contribution >= 0.6 is 11.8 Å². The lowest BCUT2D eigenvalue weighted by molar-refractivity contribution is 0.0696. The van der Waals surface area contributed by atoms with Gasteiger partial charge in [-0.2, -0.15) is 0 Å². The van der Waals surface area contributed by atoms with E-state index in [1.807, 2.05) is 19.1 Å². The Hall–Kier alpha value is -0.960.